The Morgan fingerprint density at radius 3 is 2.33 bits per heavy atom. The Morgan fingerprint density at radius 1 is 1.05 bits per heavy atom. The van der Waals surface area contributed by atoms with Crippen molar-refractivity contribution in [3.63, 3.8) is 0 Å². The smallest absolute Gasteiger partial charge is 0.245 e. The summed E-state index contributed by atoms with van der Waals surface area (Å²) in [7, 11) is 1.45. The summed E-state index contributed by atoms with van der Waals surface area (Å²) in [5.41, 5.74) is 6.85. The number of amides is 1. The van der Waals surface area contributed by atoms with E-state index in [1.165, 1.54) is 44.9 Å². The van der Waals surface area contributed by atoms with Gasteiger partial charge >= 0.3 is 0 Å². The second-order valence-electron chi connectivity index (χ2n) is 8.76. The van der Waals surface area contributed by atoms with Gasteiger partial charge in [0.15, 0.2) is 11.6 Å². The maximum Gasteiger partial charge on any atom is 0.245 e. The molecule has 0 bridgehead atoms. The predicted octanol–water partition coefficient (Wildman–Crippen LogP) is 5.68. The van der Waals surface area contributed by atoms with E-state index in [2.05, 4.69) is 21.5 Å². The van der Waals surface area contributed by atoms with Crippen LogP contribution in [0.25, 0.3) is 0 Å². The number of ether oxygens (including phenoxy) is 1. The van der Waals surface area contributed by atoms with Gasteiger partial charge in [-0.15, -0.1) is 0 Å². The molecular weight excluding hydrogens is 514 g/mol. The van der Waals surface area contributed by atoms with Crippen LogP contribution in [0, 0.1) is 37.1 Å². The molecule has 1 saturated heterocycles. The van der Waals surface area contributed by atoms with E-state index in [0.717, 1.165) is 32.0 Å². The molecular formula is C28H29F4N5O2. The third kappa shape index (κ3) is 6.78. The number of rotatable bonds is 5. The van der Waals surface area contributed by atoms with E-state index < -0.39 is 29.0 Å². The summed E-state index contributed by atoms with van der Waals surface area (Å²) < 4.78 is 61.5. The molecule has 1 aromatic heterocycles. The molecule has 0 saturated carbocycles. The molecule has 206 valence electrons. The van der Waals surface area contributed by atoms with Crippen molar-refractivity contribution in [3.05, 3.63) is 88.9 Å². The topological polar surface area (TPSA) is 93.7 Å². The van der Waals surface area contributed by atoms with E-state index in [0.29, 0.717) is 17.3 Å². The zero-order valence-electron chi connectivity index (χ0n) is 21.9. The fraction of sp³-hybridized carbons (Fsp3) is 0.286. The van der Waals surface area contributed by atoms with E-state index in [9.17, 15) is 22.4 Å². The molecule has 2 N–H and O–H groups in total. The average Bonchev–Trinajstić information content (AvgIpc) is 2.93. The van der Waals surface area contributed by atoms with Crippen molar-refractivity contribution < 1.29 is 27.1 Å². The lowest BCUT2D eigenvalue weighted by atomic mass is 10.0. The van der Waals surface area contributed by atoms with Crippen LogP contribution < -0.4 is 10.5 Å². The molecule has 1 aliphatic heterocycles. The predicted molar refractivity (Wildman–Crippen MR) is 141 cm³/mol. The molecule has 3 aromatic rings. The standard InChI is InChI=1S/C20H16F4N4O.C8H13NO/c1-9-6-14(22)17(24)19(16(9)23)29-11-4-5-12(13(21)7-11)18(26-3)15-10(2)27-8-28-20(15)25;1-2-8(10)9-6-4-3-5-7-9/h4-8H,1-3H3,(H2,25,27,28);2H,1,3-7H2. The van der Waals surface area contributed by atoms with Crippen LogP contribution in [0.4, 0.5) is 23.4 Å². The molecule has 2 aromatic carbocycles. The molecule has 4 rings (SSSR count). The first kappa shape index (κ1) is 29.3. The summed E-state index contributed by atoms with van der Waals surface area (Å²) >= 11 is 0. The highest BCUT2D eigenvalue weighted by Gasteiger charge is 2.22. The van der Waals surface area contributed by atoms with Crippen molar-refractivity contribution in [2.24, 2.45) is 4.99 Å². The minimum absolute atomic E-state index is 0.0563. The van der Waals surface area contributed by atoms with Crippen molar-refractivity contribution in [1.29, 1.82) is 0 Å². The van der Waals surface area contributed by atoms with Crippen molar-refractivity contribution in [3.8, 4) is 11.5 Å². The summed E-state index contributed by atoms with van der Waals surface area (Å²) in [6.45, 7) is 8.22. The lowest BCUT2D eigenvalue weighted by molar-refractivity contribution is -0.126. The SMILES string of the molecule is C=CC(=O)N1CCCCC1.CN=C(c1ccc(Oc2c(F)c(C)cc(F)c2F)cc1F)c1c(C)ncnc1N. The van der Waals surface area contributed by atoms with E-state index in [1.54, 1.807) is 6.92 Å². The third-order valence-electron chi connectivity index (χ3n) is 6.08. The number of likely N-dealkylation sites (tertiary alicyclic amines) is 1. The van der Waals surface area contributed by atoms with Gasteiger partial charge in [0.2, 0.25) is 17.5 Å². The number of nitrogen functional groups attached to an aromatic ring is 1. The molecule has 39 heavy (non-hydrogen) atoms. The summed E-state index contributed by atoms with van der Waals surface area (Å²) in [6.07, 6.45) is 6.24. The maximum atomic E-state index is 14.8. The van der Waals surface area contributed by atoms with Gasteiger partial charge in [-0.2, -0.15) is 4.39 Å². The molecule has 11 heteroatoms. The first-order valence-electron chi connectivity index (χ1n) is 12.2. The molecule has 7 nitrogen and oxygen atoms in total. The highest BCUT2D eigenvalue weighted by atomic mass is 19.2. The number of nitrogens with two attached hydrogens (primary N) is 1. The number of benzene rings is 2. The summed E-state index contributed by atoms with van der Waals surface area (Å²) in [5.74, 6) is -5.61. The molecule has 2 heterocycles. The van der Waals surface area contributed by atoms with Gasteiger partial charge in [0.05, 0.1) is 17.0 Å². The van der Waals surface area contributed by atoms with Crippen LogP contribution in [0.15, 0.2) is 48.2 Å². The molecule has 1 amide bonds. The number of carbonyl (C=O) groups is 1. The zero-order chi connectivity index (χ0) is 28.7. The number of nitrogens with zero attached hydrogens (tertiary/aromatic N) is 4. The van der Waals surface area contributed by atoms with Crippen molar-refractivity contribution in [2.75, 3.05) is 25.9 Å². The number of piperidine rings is 1. The molecule has 0 radical (unpaired) electrons. The number of aryl methyl sites for hydroxylation is 2. The van der Waals surface area contributed by atoms with Gasteiger partial charge in [0.25, 0.3) is 0 Å². The van der Waals surface area contributed by atoms with E-state index in [-0.39, 0.29) is 34.3 Å². The van der Waals surface area contributed by atoms with Gasteiger partial charge in [-0.3, -0.25) is 9.79 Å². The van der Waals surface area contributed by atoms with Gasteiger partial charge in [-0.05, 0) is 62.9 Å². The van der Waals surface area contributed by atoms with Gasteiger partial charge < -0.3 is 15.4 Å². The third-order valence-corrected chi connectivity index (χ3v) is 6.08. The fourth-order valence-corrected chi connectivity index (χ4v) is 4.05. The second kappa shape index (κ2) is 13.0. The Kier molecular flexibility index (Phi) is 9.75. The van der Waals surface area contributed by atoms with Crippen molar-refractivity contribution in [2.45, 2.75) is 33.1 Å². The van der Waals surface area contributed by atoms with Gasteiger partial charge in [-0.1, -0.05) is 6.58 Å². The molecule has 0 unspecified atom stereocenters. The van der Waals surface area contributed by atoms with E-state index in [1.807, 2.05) is 4.90 Å². The van der Waals surface area contributed by atoms with Crippen LogP contribution in [-0.2, 0) is 4.79 Å². The quantitative estimate of drug-likeness (QED) is 0.194. The van der Waals surface area contributed by atoms with Crippen LogP contribution in [-0.4, -0.2) is 46.6 Å². The summed E-state index contributed by atoms with van der Waals surface area (Å²) in [5, 5.41) is 0. The minimum atomic E-state index is -1.50. The maximum absolute atomic E-state index is 14.8. The fourth-order valence-electron chi connectivity index (χ4n) is 4.05. The number of hydrogen-bond acceptors (Lipinski definition) is 6. The van der Waals surface area contributed by atoms with Gasteiger partial charge in [0, 0.05) is 31.8 Å². The number of halogens is 4. The molecule has 0 aliphatic carbocycles. The number of aromatic nitrogens is 2. The highest BCUT2D eigenvalue weighted by molar-refractivity contribution is 6.16. The molecule has 1 fully saturated rings. The number of anilines is 1. The highest BCUT2D eigenvalue weighted by Crippen LogP contribution is 2.32. The van der Waals surface area contributed by atoms with Gasteiger partial charge in [-0.25, -0.2) is 23.1 Å². The Bertz CT molecular complexity index is 1360. The zero-order valence-corrected chi connectivity index (χ0v) is 21.9. The number of hydrogen-bond donors (Lipinski definition) is 1. The van der Waals surface area contributed by atoms with E-state index >= 15 is 0 Å². The Morgan fingerprint density at radius 2 is 1.74 bits per heavy atom. The molecule has 0 spiro atoms. The van der Waals surface area contributed by atoms with Crippen LogP contribution in [0.2, 0.25) is 0 Å². The normalized spacial score (nSPS) is 13.4. The monoisotopic (exact) mass is 543 g/mol. The first-order valence-corrected chi connectivity index (χ1v) is 12.2. The Hall–Kier alpha value is -4.28. The van der Waals surface area contributed by atoms with Gasteiger partial charge in [0.1, 0.15) is 23.7 Å². The first-order chi connectivity index (χ1) is 18.6. The van der Waals surface area contributed by atoms with E-state index in [4.69, 9.17) is 10.5 Å². The van der Waals surface area contributed by atoms with Crippen LogP contribution in [0.5, 0.6) is 11.5 Å². The molecule has 0 atom stereocenters. The van der Waals surface area contributed by atoms with Crippen LogP contribution in [0.3, 0.4) is 0 Å². The Labute approximate surface area is 224 Å². The lowest BCUT2D eigenvalue weighted by Gasteiger charge is -2.25. The largest absolute Gasteiger partial charge is 0.451 e. The van der Waals surface area contributed by atoms with Crippen molar-refractivity contribution in [1.82, 2.24) is 14.9 Å². The van der Waals surface area contributed by atoms with Crippen LogP contribution >= 0.6 is 0 Å². The lowest BCUT2D eigenvalue weighted by Crippen LogP contribution is -2.34. The minimum Gasteiger partial charge on any atom is -0.451 e. The van der Waals surface area contributed by atoms with Crippen molar-refractivity contribution >= 4 is 17.4 Å². The Balaban J connectivity index is 0.000000353. The van der Waals surface area contributed by atoms with Crippen LogP contribution in [0.1, 0.15) is 41.6 Å². The average molecular weight is 544 g/mol. The number of aliphatic imine (C=N–C) groups is 1. The molecule has 1 aliphatic rings. The second-order valence-corrected chi connectivity index (χ2v) is 8.76. The number of carbonyl (C=O) groups excluding carboxylic acids is 1. The summed E-state index contributed by atoms with van der Waals surface area (Å²) in [4.78, 5) is 24.8. The summed E-state index contributed by atoms with van der Waals surface area (Å²) in [6, 6.07) is 4.20.